The quantitative estimate of drug-likeness (QED) is 0.426. The van der Waals surface area contributed by atoms with Crippen molar-refractivity contribution in [3.05, 3.63) is 47.5 Å². The molecule has 0 N–H and O–H groups in total. The first-order chi connectivity index (χ1) is 12.9. The van der Waals surface area contributed by atoms with E-state index in [1.165, 1.54) is 38.1 Å². The van der Waals surface area contributed by atoms with Gasteiger partial charge in [0.25, 0.3) is 11.8 Å². The maximum atomic E-state index is 12.3. The highest BCUT2D eigenvalue weighted by Crippen LogP contribution is 2.25. The Morgan fingerprint density at radius 2 is 1.67 bits per heavy atom. The summed E-state index contributed by atoms with van der Waals surface area (Å²) in [5.74, 6) is -2.29. The minimum atomic E-state index is -1.11. The Labute approximate surface area is 154 Å². The monoisotopic (exact) mass is 375 g/mol. The normalized spacial score (nSPS) is 23.9. The van der Waals surface area contributed by atoms with E-state index in [-0.39, 0.29) is 17.7 Å². The van der Waals surface area contributed by atoms with Crippen molar-refractivity contribution in [1.82, 2.24) is 5.06 Å². The fraction of sp³-hybridized carbons (Fsp3) is 0.333. The predicted molar refractivity (Wildman–Crippen MR) is 88.0 cm³/mol. The van der Waals surface area contributed by atoms with E-state index in [0.717, 1.165) is 0 Å². The summed E-state index contributed by atoms with van der Waals surface area (Å²) in [4.78, 5) is 52.4. The number of hydroxylamine groups is 2. The van der Waals surface area contributed by atoms with Crippen LogP contribution >= 0.6 is 0 Å². The lowest BCUT2D eigenvalue weighted by Gasteiger charge is -2.32. The van der Waals surface area contributed by atoms with Gasteiger partial charge in [0.05, 0.1) is 11.1 Å². The standard InChI is InChI=1S/C18H17NO8/c1-10(20)24-9-15-14(25-11(2)21)7-8-16(26-15)27-19-17(22)12-5-3-4-6-13(12)18(19)23/h3-8,14-16H,9H2,1-2H3/t14-,15+,16?/m0/s1. The second-order valence-corrected chi connectivity index (χ2v) is 5.86. The SMILES string of the molecule is CC(=O)OC[C@H]1OC(ON2C(=O)c3ccccc3C2=O)C=C[C@@H]1OC(C)=O. The lowest BCUT2D eigenvalue weighted by atomic mass is 10.1. The highest BCUT2D eigenvalue weighted by molar-refractivity contribution is 6.20. The molecule has 9 nitrogen and oxygen atoms in total. The molecule has 0 saturated heterocycles. The molecular formula is C18H17NO8. The summed E-state index contributed by atoms with van der Waals surface area (Å²) in [6, 6.07) is 6.33. The highest BCUT2D eigenvalue weighted by atomic mass is 16.8. The molecule has 27 heavy (non-hydrogen) atoms. The molecule has 0 fully saturated rings. The zero-order chi connectivity index (χ0) is 19.6. The average molecular weight is 375 g/mol. The summed E-state index contributed by atoms with van der Waals surface area (Å²) in [6.07, 6.45) is 0.120. The van der Waals surface area contributed by atoms with Gasteiger partial charge in [0, 0.05) is 13.8 Å². The van der Waals surface area contributed by atoms with Crippen molar-refractivity contribution in [2.45, 2.75) is 32.3 Å². The number of carbonyl (C=O) groups excluding carboxylic acids is 4. The summed E-state index contributed by atoms with van der Waals surface area (Å²) in [5.41, 5.74) is 0.466. The van der Waals surface area contributed by atoms with Crippen molar-refractivity contribution in [3.8, 4) is 0 Å². The van der Waals surface area contributed by atoms with Crippen LogP contribution in [-0.2, 0) is 28.6 Å². The number of fused-ring (bicyclic) bond motifs is 1. The second kappa shape index (κ2) is 7.68. The minimum absolute atomic E-state index is 0.195. The van der Waals surface area contributed by atoms with E-state index in [1.807, 2.05) is 0 Å². The molecule has 0 saturated carbocycles. The minimum Gasteiger partial charge on any atom is -0.463 e. The molecule has 1 unspecified atom stereocenters. The molecule has 9 heteroatoms. The molecule has 1 aromatic rings. The van der Waals surface area contributed by atoms with Gasteiger partial charge in [0.15, 0.2) is 0 Å². The maximum Gasteiger partial charge on any atom is 0.303 e. The van der Waals surface area contributed by atoms with Crippen LogP contribution < -0.4 is 0 Å². The van der Waals surface area contributed by atoms with E-state index in [2.05, 4.69) is 0 Å². The number of rotatable bonds is 5. The molecule has 0 spiro atoms. The van der Waals surface area contributed by atoms with Gasteiger partial charge in [-0.05, 0) is 24.3 Å². The number of nitrogens with zero attached hydrogens (tertiary/aromatic N) is 1. The van der Waals surface area contributed by atoms with Gasteiger partial charge in [-0.1, -0.05) is 12.1 Å². The third-order valence-corrected chi connectivity index (χ3v) is 3.85. The van der Waals surface area contributed by atoms with Gasteiger partial charge >= 0.3 is 11.9 Å². The van der Waals surface area contributed by atoms with Gasteiger partial charge in [0.2, 0.25) is 6.29 Å². The Kier molecular flexibility index (Phi) is 5.33. The molecule has 0 aliphatic carbocycles. The summed E-state index contributed by atoms with van der Waals surface area (Å²) >= 11 is 0. The van der Waals surface area contributed by atoms with Gasteiger partial charge in [-0.25, -0.2) is 4.84 Å². The second-order valence-electron chi connectivity index (χ2n) is 5.86. The smallest absolute Gasteiger partial charge is 0.303 e. The number of esters is 2. The Morgan fingerprint density at radius 1 is 1.04 bits per heavy atom. The molecule has 0 radical (unpaired) electrons. The van der Waals surface area contributed by atoms with E-state index >= 15 is 0 Å². The van der Waals surface area contributed by atoms with Gasteiger partial charge < -0.3 is 14.2 Å². The number of amides is 2. The van der Waals surface area contributed by atoms with Gasteiger partial charge in [-0.15, -0.1) is 5.06 Å². The molecule has 0 aromatic heterocycles. The van der Waals surface area contributed by atoms with Crippen molar-refractivity contribution in [2.75, 3.05) is 6.61 Å². The number of hydrogen-bond donors (Lipinski definition) is 0. The van der Waals surface area contributed by atoms with Crippen LogP contribution in [0.25, 0.3) is 0 Å². The van der Waals surface area contributed by atoms with Crippen molar-refractivity contribution in [3.63, 3.8) is 0 Å². The van der Waals surface area contributed by atoms with Gasteiger partial charge in [-0.3, -0.25) is 19.2 Å². The number of benzene rings is 1. The zero-order valence-corrected chi connectivity index (χ0v) is 14.6. The van der Waals surface area contributed by atoms with Crippen molar-refractivity contribution in [1.29, 1.82) is 0 Å². The first kappa shape index (κ1) is 18.7. The highest BCUT2D eigenvalue weighted by Gasteiger charge is 2.40. The summed E-state index contributed by atoms with van der Waals surface area (Å²) in [5, 5.41) is 0.620. The average Bonchev–Trinajstić information content (AvgIpc) is 2.86. The molecule has 3 atom stereocenters. The van der Waals surface area contributed by atoms with Crippen molar-refractivity contribution in [2.24, 2.45) is 0 Å². The number of ether oxygens (including phenoxy) is 3. The van der Waals surface area contributed by atoms with Crippen LogP contribution in [0.3, 0.4) is 0 Å². The predicted octanol–water partition coefficient (Wildman–Crippen LogP) is 0.990. The number of imide groups is 1. The van der Waals surface area contributed by atoms with Crippen molar-refractivity contribution >= 4 is 23.8 Å². The van der Waals surface area contributed by atoms with Crippen molar-refractivity contribution < 1.29 is 38.2 Å². The zero-order valence-electron chi connectivity index (χ0n) is 14.6. The van der Waals surface area contributed by atoms with E-state index in [0.29, 0.717) is 5.06 Å². The van der Waals surface area contributed by atoms with E-state index < -0.39 is 42.3 Å². The number of carbonyl (C=O) groups is 4. The van der Waals surface area contributed by atoms with Crippen LogP contribution in [0.5, 0.6) is 0 Å². The largest absolute Gasteiger partial charge is 0.463 e. The molecule has 142 valence electrons. The van der Waals surface area contributed by atoms with E-state index in [1.54, 1.807) is 12.1 Å². The summed E-state index contributed by atoms with van der Waals surface area (Å²) < 4.78 is 15.6. The first-order valence-corrected chi connectivity index (χ1v) is 8.15. The molecule has 2 aliphatic rings. The van der Waals surface area contributed by atoms with Gasteiger partial charge in [-0.2, -0.15) is 0 Å². The first-order valence-electron chi connectivity index (χ1n) is 8.15. The topological polar surface area (TPSA) is 108 Å². The molecule has 0 bridgehead atoms. The molecular weight excluding hydrogens is 358 g/mol. The Morgan fingerprint density at radius 3 is 2.22 bits per heavy atom. The van der Waals surface area contributed by atoms with Crippen LogP contribution in [0.4, 0.5) is 0 Å². The van der Waals surface area contributed by atoms with E-state index in [4.69, 9.17) is 19.0 Å². The molecule has 2 amide bonds. The molecule has 3 rings (SSSR count). The Balaban J connectivity index is 1.72. The van der Waals surface area contributed by atoms with Crippen LogP contribution in [0, 0.1) is 0 Å². The Hall–Kier alpha value is -3.04. The van der Waals surface area contributed by atoms with Crippen LogP contribution in [0.2, 0.25) is 0 Å². The van der Waals surface area contributed by atoms with Crippen LogP contribution in [0.1, 0.15) is 34.6 Å². The molecule has 2 aliphatic heterocycles. The van der Waals surface area contributed by atoms with Crippen LogP contribution in [-0.4, -0.2) is 53.9 Å². The summed E-state index contributed by atoms with van der Waals surface area (Å²) in [7, 11) is 0. The molecule has 2 heterocycles. The fourth-order valence-electron chi connectivity index (χ4n) is 2.69. The fourth-order valence-corrected chi connectivity index (χ4v) is 2.69. The third kappa shape index (κ3) is 4.04. The third-order valence-electron chi connectivity index (χ3n) is 3.85. The number of hydrogen-bond acceptors (Lipinski definition) is 8. The maximum absolute atomic E-state index is 12.3. The van der Waals surface area contributed by atoms with Gasteiger partial charge in [0.1, 0.15) is 18.8 Å². The molecule has 1 aromatic carbocycles. The lowest BCUT2D eigenvalue weighted by Crippen LogP contribution is -2.44. The summed E-state index contributed by atoms with van der Waals surface area (Å²) in [6.45, 7) is 2.27. The lowest BCUT2D eigenvalue weighted by molar-refractivity contribution is -0.249. The Bertz CT molecular complexity index is 782. The van der Waals surface area contributed by atoms with Crippen LogP contribution in [0.15, 0.2) is 36.4 Å². The van der Waals surface area contributed by atoms with E-state index in [9.17, 15) is 19.2 Å².